The highest BCUT2D eigenvalue weighted by atomic mass is 32.2. The number of nitrogens with zero attached hydrogens (tertiary/aromatic N) is 1. The molecule has 0 bridgehead atoms. The van der Waals surface area contributed by atoms with Crippen LogP contribution in [-0.4, -0.2) is 76.3 Å². The first-order valence-corrected chi connectivity index (χ1v) is 14.3. The van der Waals surface area contributed by atoms with Crippen LogP contribution in [0.3, 0.4) is 0 Å². The average molecular weight is 561 g/mol. The molecule has 1 fully saturated rings. The Hall–Kier alpha value is -3.32. The summed E-state index contributed by atoms with van der Waals surface area (Å²) in [5, 5.41) is 12.5. The number of fused-ring (bicyclic) bond motifs is 1. The molecule has 39 heavy (non-hydrogen) atoms. The number of benzene rings is 2. The zero-order valence-electron chi connectivity index (χ0n) is 21.6. The Bertz CT molecular complexity index is 1310. The fourth-order valence-electron chi connectivity index (χ4n) is 4.43. The third kappa shape index (κ3) is 6.47. The zero-order valence-corrected chi connectivity index (χ0v) is 22.4. The van der Waals surface area contributed by atoms with Gasteiger partial charge in [0.1, 0.15) is 5.75 Å². The van der Waals surface area contributed by atoms with E-state index in [1.165, 1.54) is 19.2 Å². The maximum absolute atomic E-state index is 13.2. The highest BCUT2D eigenvalue weighted by Crippen LogP contribution is 2.38. The van der Waals surface area contributed by atoms with Crippen molar-refractivity contribution in [2.75, 3.05) is 40.2 Å². The molecule has 2 atom stereocenters. The van der Waals surface area contributed by atoms with Crippen LogP contribution >= 0.6 is 0 Å². The van der Waals surface area contributed by atoms with Crippen molar-refractivity contribution in [1.29, 1.82) is 0 Å². The van der Waals surface area contributed by atoms with Crippen molar-refractivity contribution in [3.05, 3.63) is 59.9 Å². The molecule has 12 heteroatoms. The minimum absolute atomic E-state index is 0.00850. The lowest BCUT2D eigenvalue weighted by Gasteiger charge is -2.30. The van der Waals surface area contributed by atoms with Crippen LogP contribution in [0.2, 0.25) is 0 Å². The number of hydrogen-bond donors (Lipinski definition) is 2. The molecule has 1 saturated carbocycles. The Morgan fingerprint density at radius 3 is 2.59 bits per heavy atom. The number of nitrogens with one attached hydrogen (secondary N) is 1. The molecule has 2 aromatic rings. The third-order valence-electron chi connectivity index (χ3n) is 6.71. The quantitative estimate of drug-likeness (QED) is 0.401. The normalized spacial score (nSPS) is 20.3. The summed E-state index contributed by atoms with van der Waals surface area (Å²) in [6.07, 6.45) is 3.28. The van der Waals surface area contributed by atoms with Gasteiger partial charge in [-0.2, -0.15) is 4.31 Å². The van der Waals surface area contributed by atoms with Crippen molar-refractivity contribution in [3.63, 3.8) is 0 Å². The SMILES string of the molecule is COc1ccc(S(=O)(=O)N(CCO)CCO[C@@H]2C[C@H](c3ccc4c(c3)OCO4)C=C(C(=O)NC3CC3)O2)cc1. The van der Waals surface area contributed by atoms with Crippen LogP contribution in [0.1, 0.15) is 30.7 Å². The molecule has 0 aromatic heterocycles. The number of allylic oxidation sites excluding steroid dienone is 1. The minimum Gasteiger partial charge on any atom is -0.497 e. The fourth-order valence-corrected chi connectivity index (χ4v) is 5.84. The molecule has 1 amide bonds. The molecule has 3 aliphatic rings. The smallest absolute Gasteiger partial charge is 0.286 e. The summed E-state index contributed by atoms with van der Waals surface area (Å²) in [7, 11) is -2.39. The molecular formula is C27H32N2O9S. The van der Waals surface area contributed by atoms with Crippen LogP contribution in [0.4, 0.5) is 0 Å². The highest BCUT2D eigenvalue weighted by molar-refractivity contribution is 7.89. The summed E-state index contributed by atoms with van der Waals surface area (Å²) >= 11 is 0. The first-order chi connectivity index (χ1) is 18.9. The van der Waals surface area contributed by atoms with E-state index in [0.29, 0.717) is 23.7 Å². The van der Waals surface area contributed by atoms with Crippen LogP contribution in [-0.2, 0) is 24.3 Å². The first-order valence-electron chi connectivity index (χ1n) is 12.8. The van der Waals surface area contributed by atoms with Gasteiger partial charge >= 0.3 is 0 Å². The second-order valence-corrected chi connectivity index (χ2v) is 11.4. The molecule has 2 aliphatic heterocycles. The number of sulfonamides is 1. The van der Waals surface area contributed by atoms with Crippen molar-refractivity contribution in [2.45, 2.75) is 42.4 Å². The molecule has 0 spiro atoms. The molecule has 2 N–H and O–H groups in total. The second-order valence-electron chi connectivity index (χ2n) is 9.45. The van der Waals surface area contributed by atoms with E-state index in [4.69, 9.17) is 23.7 Å². The predicted octanol–water partition coefficient (Wildman–Crippen LogP) is 2.12. The third-order valence-corrected chi connectivity index (χ3v) is 8.62. The monoisotopic (exact) mass is 560 g/mol. The van der Waals surface area contributed by atoms with Gasteiger partial charge in [-0.05, 0) is 60.9 Å². The van der Waals surface area contributed by atoms with Crippen molar-refractivity contribution in [1.82, 2.24) is 9.62 Å². The van der Waals surface area contributed by atoms with E-state index in [1.54, 1.807) is 18.2 Å². The van der Waals surface area contributed by atoms with E-state index < -0.39 is 16.3 Å². The predicted molar refractivity (Wildman–Crippen MR) is 139 cm³/mol. The fraction of sp³-hybridized carbons (Fsp3) is 0.444. The standard InChI is InChI=1S/C27H32N2O9S/c1-34-21-5-7-22(8-6-21)39(32,33)29(10-12-30)11-13-35-26-16-19(15-25(38-26)27(31)28-20-3-4-20)18-2-9-23-24(14-18)37-17-36-23/h2,5-9,14-15,19-20,26,30H,3-4,10-13,16-17H2,1H3,(H,28,31)/t19-,26+/m1/s1. The van der Waals surface area contributed by atoms with Crippen LogP contribution in [0.15, 0.2) is 59.2 Å². The van der Waals surface area contributed by atoms with Gasteiger partial charge in [0.05, 0.1) is 25.2 Å². The van der Waals surface area contributed by atoms with Gasteiger partial charge < -0.3 is 34.1 Å². The van der Waals surface area contributed by atoms with Gasteiger partial charge in [-0.3, -0.25) is 4.79 Å². The van der Waals surface area contributed by atoms with E-state index in [9.17, 15) is 18.3 Å². The number of aliphatic hydroxyl groups is 1. The highest BCUT2D eigenvalue weighted by Gasteiger charge is 2.33. The maximum Gasteiger partial charge on any atom is 0.286 e. The van der Waals surface area contributed by atoms with Gasteiger partial charge in [-0.15, -0.1) is 0 Å². The van der Waals surface area contributed by atoms with Crippen LogP contribution < -0.4 is 19.5 Å². The largest absolute Gasteiger partial charge is 0.497 e. The molecule has 0 radical (unpaired) electrons. The van der Waals surface area contributed by atoms with E-state index in [-0.39, 0.29) is 61.6 Å². The number of rotatable bonds is 12. The number of amides is 1. The Morgan fingerprint density at radius 1 is 1.10 bits per heavy atom. The molecule has 5 rings (SSSR count). The van der Waals surface area contributed by atoms with E-state index in [2.05, 4.69) is 5.32 Å². The van der Waals surface area contributed by atoms with E-state index in [0.717, 1.165) is 22.7 Å². The summed E-state index contributed by atoms with van der Waals surface area (Å²) in [6.45, 7) is -0.317. The van der Waals surface area contributed by atoms with Gasteiger partial charge in [0.25, 0.3) is 5.91 Å². The lowest BCUT2D eigenvalue weighted by Crippen LogP contribution is -2.38. The van der Waals surface area contributed by atoms with Gasteiger partial charge in [0, 0.05) is 31.5 Å². The van der Waals surface area contributed by atoms with Crippen molar-refractivity contribution < 1.29 is 42.0 Å². The Labute approximate surface area is 227 Å². The lowest BCUT2D eigenvalue weighted by molar-refractivity contribution is -0.146. The van der Waals surface area contributed by atoms with E-state index >= 15 is 0 Å². The summed E-state index contributed by atoms with van der Waals surface area (Å²) in [5.74, 6) is 1.50. The van der Waals surface area contributed by atoms with Crippen molar-refractivity contribution >= 4 is 15.9 Å². The van der Waals surface area contributed by atoms with Gasteiger partial charge in [-0.25, -0.2) is 8.42 Å². The number of aliphatic hydroxyl groups excluding tert-OH is 1. The molecule has 1 aliphatic carbocycles. The Morgan fingerprint density at radius 2 is 1.87 bits per heavy atom. The molecular weight excluding hydrogens is 528 g/mol. The number of carbonyl (C=O) groups is 1. The van der Waals surface area contributed by atoms with E-state index in [1.807, 2.05) is 18.2 Å². The van der Waals surface area contributed by atoms with Crippen LogP contribution in [0.25, 0.3) is 0 Å². The number of methoxy groups -OCH3 is 1. The number of carbonyl (C=O) groups excluding carboxylic acids is 1. The molecule has 0 saturated heterocycles. The van der Waals surface area contributed by atoms with Crippen LogP contribution in [0, 0.1) is 0 Å². The summed E-state index contributed by atoms with van der Waals surface area (Å²) < 4.78 is 55.4. The molecule has 2 aromatic carbocycles. The molecule has 0 unspecified atom stereocenters. The van der Waals surface area contributed by atoms with Crippen molar-refractivity contribution in [2.24, 2.45) is 0 Å². The molecule has 11 nitrogen and oxygen atoms in total. The summed E-state index contributed by atoms with van der Waals surface area (Å²) in [5.41, 5.74) is 0.914. The van der Waals surface area contributed by atoms with Crippen LogP contribution in [0.5, 0.6) is 17.2 Å². The minimum atomic E-state index is -3.89. The summed E-state index contributed by atoms with van der Waals surface area (Å²) in [6, 6.07) is 11.8. The van der Waals surface area contributed by atoms with Crippen molar-refractivity contribution in [3.8, 4) is 17.2 Å². The molecule has 210 valence electrons. The van der Waals surface area contributed by atoms with Gasteiger partial charge in [-0.1, -0.05) is 6.07 Å². The zero-order chi connectivity index (χ0) is 27.4. The van der Waals surface area contributed by atoms with Gasteiger partial charge in [0.15, 0.2) is 17.3 Å². The topological polar surface area (TPSA) is 133 Å². The average Bonchev–Trinajstić information content (AvgIpc) is 3.64. The first kappa shape index (κ1) is 27.3. The lowest BCUT2D eigenvalue weighted by atomic mass is 9.92. The summed E-state index contributed by atoms with van der Waals surface area (Å²) in [4.78, 5) is 12.9. The number of ether oxygens (including phenoxy) is 5. The molecule has 2 heterocycles. The van der Waals surface area contributed by atoms with Gasteiger partial charge in [0.2, 0.25) is 23.1 Å². The number of hydrogen-bond acceptors (Lipinski definition) is 9. The second kappa shape index (κ2) is 11.8. The maximum atomic E-state index is 13.2. The Kier molecular flexibility index (Phi) is 8.26. The Balaban J connectivity index is 1.27.